The van der Waals surface area contributed by atoms with Crippen LogP contribution >= 0.6 is 0 Å². The molecular formula is C68H52N2O. The van der Waals surface area contributed by atoms with Crippen LogP contribution in [-0.4, -0.2) is 0 Å². The average molecular weight is 913 g/mol. The molecule has 3 nitrogen and oxygen atoms in total. The smallest absolute Gasteiger partial charge is 0.129 e. The monoisotopic (exact) mass is 912 g/mol. The van der Waals surface area contributed by atoms with Crippen LogP contribution < -0.4 is 14.5 Å². The van der Waals surface area contributed by atoms with Crippen molar-refractivity contribution in [2.75, 3.05) is 9.80 Å². The molecule has 0 aliphatic rings. The molecule has 11 aromatic rings. The second-order valence-corrected chi connectivity index (χ2v) is 17.7. The van der Waals surface area contributed by atoms with Gasteiger partial charge < -0.3 is 14.5 Å². The van der Waals surface area contributed by atoms with Gasteiger partial charge in [-0.15, -0.1) is 0 Å². The first kappa shape index (κ1) is 44.3. The number of anilines is 6. The van der Waals surface area contributed by atoms with Gasteiger partial charge in [-0.2, -0.15) is 0 Å². The van der Waals surface area contributed by atoms with Crippen molar-refractivity contribution in [1.29, 1.82) is 0 Å². The van der Waals surface area contributed by atoms with E-state index >= 15 is 0 Å². The van der Waals surface area contributed by atoms with E-state index in [0.717, 1.165) is 69.6 Å². The number of hydrogen-bond donors (Lipinski definition) is 0. The molecule has 0 fully saturated rings. The third-order valence-electron chi connectivity index (χ3n) is 13.0. The van der Waals surface area contributed by atoms with E-state index in [4.69, 9.17) is 4.74 Å². The number of nitrogens with zero attached hydrogens (tertiary/aromatic N) is 2. The van der Waals surface area contributed by atoms with E-state index in [1.54, 1.807) is 0 Å². The predicted molar refractivity (Wildman–Crippen MR) is 298 cm³/mol. The molecular weight excluding hydrogens is 861 g/mol. The Bertz CT molecular complexity index is 3430. The Morgan fingerprint density at radius 3 is 0.930 bits per heavy atom. The predicted octanol–water partition coefficient (Wildman–Crippen LogP) is 18.9. The minimum atomic E-state index is 0.775. The van der Waals surface area contributed by atoms with Crippen molar-refractivity contribution in [3.63, 3.8) is 0 Å². The van der Waals surface area contributed by atoms with Crippen molar-refractivity contribution in [2.45, 2.75) is 12.8 Å². The van der Waals surface area contributed by atoms with Crippen molar-refractivity contribution in [3.8, 4) is 56.0 Å². The third-order valence-corrected chi connectivity index (χ3v) is 13.0. The largest absolute Gasteiger partial charge is 0.457 e. The van der Waals surface area contributed by atoms with Crippen LogP contribution in [0.1, 0.15) is 11.1 Å². The summed E-state index contributed by atoms with van der Waals surface area (Å²) in [6.45, 7) is 0. The molecule has 3 heteroatoms. The molecule has 0 N–H and O–H groups in total. The highest BCUT2D eigenvalue weighted by atomic mass is 16.5. The Kier molecular flexibility index (Phi) is 13.1. The molecule has 11 aromatic carbocycles. The summed E-state index contributed by atoms with van der Waals surface area (Å²) in [5.41, 5.74) is 18.6. The fourth-order valence-electron chi connectivity index (χ4n) is 9.32. The lowest BCUT2D eigenvalue weighted by Crippen LogP contribution is -2.10. The second kappa shape index (κ2) is 21.0. The molecule has 0 radical (unpaired) electrons. The summed E-state index contributed by atoms with van der Waals surface area (Å²) in [5.74, 6) is 1.58. The van der Waals surface area contributed by atoms with E-state index in [2.05, 4.69) is 265 Å². The normalized spacial score (nSPS) is 10.9. The number of ether oxygens (including phenoxy) is 1. The molecule has 0 saturated heterocycles. The van der Waals surface area contributed by atoms with Gasteiger partial charge in [0, 0.05) is 40.2 Å². The van der Waals surface area contributed by atoms with E-state index in [9.17, 15) is 0 Å². The molecule has 0 amide bonds. The maximum atomic E-state index is 6.30. The highest BCUT2D eigenvalue weighted by molar-refractivity contribution is 5.83. The molecule has 0 unspecified atom stereocenters. The highest BCUT2D eigenvalue weighted by Crippen LogP contribution is 2.40. The van der Waals surface area contributed by atoms with Crippen LogP contribution in [0.3, 0.4) is 0 Å². The summed E-state index contributed by atoms with van der Waals surface area (Å²) >= 11 is 0. The zero-order valence-electron chi connectivity index (χ0n) is 39.4. The Hall–Kier alpha value is -9.18. The minimum Gasteiger partial charge on any atom is -0.457 e. The van der Waals surface area contributed by atoms with Crippen LogP contribution in [0.25, 0.3) is 44.5 Å². The lowest BCUT2D eigenvalue weighted by Gasteiger charge is -2.26. The molecule has 0 bridgehead atoms. The lowest BCUT2D eigenvalue weighted by molar-refractivity contribution is 0.483. The van der Waals surface area contributed by atoms with Crippen LogP contribution in [0.4, 0.5) is 34.1 Å². The van der Waals surface area contributed by atoms with E-state index in [0.29, 0.717) is 0 Å². The molecule has 11 rings (SSSR count). The standard InChI is InChI=1S/C68H52N2O/c1-5-15-51(16-6-1)27-28-52-17-13-22-65(49-52)69(61-41-33-57(34-42-61)53-18-7-2-8-19-53)62-45-37-59(38-46-62)55-29-31-56(32-30-55)60-39-47-64(48-40-60)70(63-43-35-58(36-44-63)54-20-9-3-10-21-54)66-23-14-26-68(50-66)71-67-24-11-4-12-25-67/h1-26,29-50H,27-28H2. The SMILES string of the molecule is c1ccc(CCc2cccc(N(c3ccc(-c4ccccc4)cc3)c3ccc(-c4ccc(-c5ccc(N(c6ccc(-c7ccccc7)cc6)c6cccc(Oc7ccccc7)c6)cc5)cc4)cc3)c2)cc1. The van der Waals surface area contributed by atoms with Crippen molar-refractivity contribution >= 4 is 34.1 Å². The van der Waals surface area contributed by atoms with E-state index < -0.39 is 0 Å². The Morgan fingerprint density at radius 1 is 0.211 bits per heavy atom. The minimum absolute atomic E-state index is 0.775. The van der Waals surface area contributed by atoms with Crippen molar-refractivity contribution < 1.29 is 4.74 Å². The van der Waals surface area contributed by atoms with Gasteiger partial charge in [0.2, 0.25) is 0 Å². The van der Waals surface area contributed by atoms with Crippen LogP contribution in [0.15, 0.2) is 291 Å². The molecule has 0 saturated carbocycles. The van der Waals surface area contributed by atoms with Gasteiger partial charge in [-0.05, 0) is 153 Å². The molecule has 0 atom stereocenters. The van der Waals surface area contributed by atoms with Gasteiger partial charge >= 0.3 is 0 Å². The van der Waals surface area contributed by atoms with Gasteiger partial charge in [0.15, 0.2) is 0 Å². The average Bonchev–Trinajstić information content (AvgIpc) is 3.45. The maximum absolute atomic E-state index is 6.30. The van der Waals surface area contributed by atoms with Crippen molar-refractivity contribution in [1.82, 2.24) is 0 Å². The first-order chi connectivity index (χ1) is 35.2. The topological polar surface area (TPSA) is 15.7 Å². The summed E-state index contributed by atoms with van der Waals surface area (Å²) in [6.07, 6.45) is 1.97. The highest BCUT2D eigenvalue weighted by Gasteiger charge is 2.17. The van der Waals surface area contributed by atoms with Crippen LogP contribution in [0, 0.1) is 0 Å². The molecule has 71 heavy (non-hydrogen) atoms. The van der Waals surface area contributed by atoms with Gasteiger partial charge in [0.1, 0.15) is 11.5 Å². The number of rotatable bonds is 15. The Morgan fingerprint density at radius 2 is 0.507 bits per heavy atom. The number of hydrogen-bond acceptors (Lipinski definition) is 3. The Balaban J connectivity index is 0.850. The van der Waals surface area contributed by atoms with Crippen LogP contribution in [-0.2, 0) is 12.8 Å². The first-order valence-electron chi connectivity index (χ1n) is 24.3. The quantitative estimate of drug-likeness (QED) is 0.102. The number of para-hydroxylation sites is 1. The molecule has 0 heterocycles. The maximum Gasteiger partial charge on any atom is 0.129 e. The molecule has 0 aliphatic heterocycles. The molecule has 0 aliphatic carbocycles. The number of benzene rings is 11. The molecule has 0 spiro atoms. The van der Waals surface area contributed by atoms with Gasteiger partial charge in [0.05, 0.1) is 0 Å². The van der Waals surface area contributed by atoms with Crippen LogP contribution in [0.2, 0.25) is 0 Å². The van der Waals surface area contributed by atoms with Gasteiger partial charge in [-0.25, -0.2) is 0 Å². The first-order valence-corrected chi connectivity index (χ1v) is 24.3. The van der Waals surface area contributed by atoms with Crippen molar-refractivity contribution in [3.05, 3.63) is 302 Å². The zero-order chi connectivity index (χ0) is 47.6. The van der Waals surface area contributed by atoms with E-state index in [-0.39, 0.29) is 0 Å². The second-order valence-electron chi connectivity index (χ2n) is 17.7. The van der Waals surface area contributed by atoms with Gasteiger partial charge in [0.25, 0.3) is 0 Å². The van der Waals surface area contributed by atoms with Gasteiger partial charge in [-0.3, -0.25) is 0 Å². The lowest BCUT2D eigenvalue weighted by atomic mass is 9.99. The summed E-state index contributed by atoms with van der Waals surface area (Å²) in [7, 11) is 0. The van der Waals surface area contributed by atoms with Crippen LogP contribution in [0.5, 0.6) is 11.5 Å². The summed E-state index contributed by atoms with van der Waals surface area (Å²) < 4.78 is 6.30. The van der Waals surface area contributed by atoms with E-state index in [1.807, 2.05) is 36.4 Å². The molecule has 340 valence electrons. The fourth-order valence-corrected chi connectivity index (χ4v) is 9.32. The fraction of sp³-hybridized carbons (Fsp3) is 0.0294. The third kappa shape index (κ3) is 10.5. The zero-order valence-corrected chi connectivity index (χ0v) is 39.4. The molecule has 0 aromatic heterocycles. The van der Waals surface area contributed by atoms with E-state index in [1.165, 1.54) is 44.5 Å². The summed E-state index contributed by atoms with van der Waals surface area (Å²) in [6, 6.07) is 103. The number of aryl methyl sites for hydroxylation is 2. The van der Waals surface area contributed by atoms with Gasteiger partial charge in [-0.1, -0.05) is 200 Å². The summed E-state index contributed by atoms with van der Waals surface area (Å²) in [4.78, 5) is 4.65. The van der Waals surface area contributed by atoms with Crippen molar-refractivity contribution in [2.24, 2.45) is 0 Å². The summed E-state index contributed by atoms with van der Waals surface area (Å²) in [5, 5.41) is 0. The Labute approximate surface area is 417 Å².